The second-order valence-corrected chi connectivity index (χ2v) is 0. The Kier molecular flexibility index (Phi) is 2340. The van der Waals surface area contributed by atoms with Gasteiger partial charge in [0, 0.05) is 0 Å². The second-order valence-electron chi connectivity index (χ2n) is 0. The molecule has 1 atom stereocenters. The van der Waals surface area contributed by atoms with E-state index < -0.39 is 0 Å². The van der Waals surface area contributed by atoms with Crippen molar-refractivity contribution in [2.45, 2.75) is 0 Å². The van der Waals surface area contributed by atoms with E-state index >= 15 is 0 Å². The zero-order valence-electron chi connectivity index (χ0n) is 3.02. The molecule has 5 heteroatoms. The van der Waals surface area contributed by atoms with E-state index in [9.17, 15) is 0 Å². The molecule has 0 bridgehead atoms. The maximum Gasteiger partial charge on any atom is -0.153 e. The van der Waals surface area contributed by atoms with Gasteiger partial charge in [-0.05, 0) is 0 Å². The molecule has 0 saturated carbocycles. The number of hydrogen-bond donors (Lipinski definition) is 4. The molecule has 0 rings (SSSR count). The zero-order chi connectivity index (χ0) is 4.00. The molecule has 0 aromatic carbocycles. The third-order valence-electron chi connectivity index (χ3n) is 0. The van der Waals surface area contributed by atoms with Crippen molar-refractivity contribution in [3.8, 4) is 0 Å². The standard InChI is InChI=1S/2H4N2.H3P/c2*1-2;/h2*1-2H2;1H3. The topological polar surface area (TPSA) is 104 Å². The SMILES string of the molecule is NN.NN.P. The fourth-order valence-electron chi connectivity index (χ4n) is 0. The first-order chi connectivity index (χ1) is 2.00. The summed E-state index contributed by atoms with van der Waals surface area (Å²) >= 11 is 0. The average Bonchev–Trinajstić information content (AvgIpc) is 1.50. The number of hydrogen-bond acceptors (Lipinski definition) is 4. The predicted octanol–water partition coefficient (Wildman–Crippen LogP) is -2.30. The lowest BCUT2D eigenvalue weighted by molar-refractivity contribution is 1.26. The minimum atomic E-state index is 0. The van der Waals surface area contributed by atoms with Crippen molar-refractivity contribution in [1.82, 2.24) is 0 Å². The smallest absolute Gasteiger partial charge is 0.153 e. The summed E-state index contributed by atoms with van der Waals surface area (Å²) < 4.78 is 0. The molecule has 0 spiro atoms. The van der Waals surface area contributed by atoms with E-state index in [0.717, 1.165) is 0 Å². The van der Waals surface area contributed by atoms with Crippen LogP contribution in [-0.2, 0) is 0 Å². The van der Waals surface area contributed by atoms with E-state index in [4.69, 9.17) is 0 Å². The number of hydrazine groups is 2. The molecule has 0 aromatic rings. The third-order valence-corrected chi connectivity index (χ3v) is 0. The van der Waals surface area contributed by atoms with Crippen molar-refractivity contribution < 1.29 is 0 Å². The molecule has 0 aliphatic heterocycles. The van der Waals surface area contributed by atoms with E-state index in [1.54, 1.807) is 0 Å². The number of nitrogens with two attached hydrogens (primary N) is 4. The maximum absolute atomic E-state index is 4.00. The largest absolute Gasteiger partial charge is 0.274 e. The van der Waals surface area contributed by atoms with Crippen LogP contribution in [0.2, 0.25) is 0 Å². The summed E-state index contributed by atoms with van der Waals surface area (Å²) in [6, 6.07) is 0. The molecule has 0 aromatic heterocycles. The van der Waals surface area contributed by atoms with Gasteiger partial charge in [0.05, 0.1) is 0 Å². The Bertz CT molecular complexity index is 3.61. The minimum absolute atomic E-state index is 0. The van der Waals surface area contributed by atoms with Gasteiger partial charge in [0.15, 0.2) is 0 Å². The fraction of sp³-hybridized carbons (Fsp3) is 0. The molecule has 0 amide bonds. The van der Waals surface area contributed by atoms with Gasteiger partial charge in [-0.1, -0.05) is 0 Å². The van der Waals surface area contributed by atoms with Crippen LogP contribution in [-0.4, -0.2) is 0 Å². The molecular formula is H11N4P. The predicted molar refractivity (Wildman–Crippen MR) is 27.9 cm³/mol. The molecule has 0 fully saturated rings. The van der Waals surface area contributed by atoms with E-state index in [1.165, 1.54) is 0 Å². The van der Waals surface area contributed by atoms with Crippen molar-refractivity contribution in [1.29, 1.82) is 0 Å². The van der Waals surface area contributed by atoms with Crippen LogP contribution >= 0.6 is 9.90 Å². The fourth-order valence-corrected chi connectivity index (χ4v) is 0. The normalized spacial score (nSPS) is 2.40. The summed E-state index contributed by atoms with van der Waals surface area (Å²) in [4.78, 5) is 0. The highest BCUT2D eigenvalue weighted by Gasteiger charge is 0.728. The van der Waals surface area contributed by atoms with Crippen LogP contribution in [0.3, 0.4) is 0 Å². The Morgan fingerprint density at radius 1 is 0.600 bits per heavy atom. The van der Waals surface area contributed by atoms with E-state index in [0.29, 0.717) is 0 Å². The second kappa shape index (κ2) is 626. The lowest BCUT2D eigenvalue weighted by Gasteiger charge is -1.27. The van der Waals surface area contributed by atoms with Gasteiger partial charge in [-0.2, -0.15) is 9.90 Å². The van der Waals surface area contributed by atoms with Gasteiger partial charge < -0.3 is 0 Å². The first-order valence-corrected chi connectivity index (χ1v) is 0.667. The Morgan fingerprint density at radius 2 is 0.600 bits per heavy atom. The summed E-state index contributed by atoms with van der Waals surface area (Å²) in [5, 5.41) is 0. The van der Waals surface area contributed by atoms with Crippen LogP contribution in [0.5, 0.6) is 0 Å². The van der Waals surface area contributed by atoms with Crippen LogP contribution in [0.25, 0.3) is 0 Å². The lowest BCUT2D eigenvalue weighted by atomic mass is 13.0. The zero-order valence-corrected chi connectivity index (χ0v) is 4.43. The van der Waals surface area contributed by atoms with E-state index in [1.807, 2.05) is 0 Å². The molecule has 36 valence electrons. The highest BCUT2D eigenvalue weighted by Crippen LogP contribution is 0.861. The Labute approximate surface area is 34.4 Å². The van der Waals surface area contributed by atoms with Crippen LogP contribution in [0.4, 0.5) is 0 Å². The van der Waals surface area contributed by atoms with Crippen molar-refractivity contribution in [2.75, 3.05) is 0 Å². The first-order valence-electron chi connectivity index (χ1n) is 0.667. The molecule has 0 aliphatic carbocycles. The molecule has 8 N–H and O–H groups in total. The summed E-state index contributed by atoms with van der Waals surface area (Å²) in [6.45, 7) is 0. The van der Waals surface area contributed by atoms with Crippen molar-refractivity contribution in [3.63, 3.8) is 0 Å². The molecule has 5 heavy (non-hydrogen) atoms. The maximum atomic E-state index is 4.00. The summed E-state index contributed by atoms with van der Waals surface area (Å²) in [7, 11) is 0. The Balaban J connectivity index is -0.0000000133. The molecular weight excluding hydrogens is 87.0 g/mol. The van der Waals surface area contributed by atoms with E-state index in [2.05, 4.69) is 23.4 Å². The van der Waals surface area contributed by atoms with Crippen LogP contribution in [0.1, 0.15) is 0 Å². The van der Waals surface area contributed by atoms with E-state index in [-0.39, 0.29) is 9.90 Å². The van der Waals surface area contributed by atoms with Crippen molar-refractivity contribution >= 4 is 9.90 Å². The van der Waals surface area contributed by atoms with Gasteiger partial charge in [0.2, 0.25) is 0 Å². The Morgan fingerprint density at radius 3 is 0.600 bits per heavy atom. The molecule has 0 aliphatic rings. The van der Waals surface area contributed by atoms with Crippen LogP contribution < -0.4 is 23.4 Å². The molecule has 0 radical (unpaired) electrons. The van der Waals surface area contributed by atoms with Gasteiger partial charge >= 0.3 is 0 Å². The quantitative estimate of drug-likeness (QED) is 0.155. The Hall–Kier alpha value is 0.270. The van der Waals surface area contributed by atoms with Crippen LogP contribution in [0, 0.1) is 0 Å². The minimum Gasteiger partial charge on any atom is -0.274 e. The highest BCUT2D eigenvalue weighted by atomic mass is 31.0. The van der Waals surface area contributed by atoms with Crippen molar-refractivity contribution in [3.05, 3.63) is 0 Å². The molecule has 0 saturated heterocycles. The average molecular weight is 98.1 g/mol. The van der Waals surface area contributed by atoms with Crippen LogP contribution in [0.15, 0.2) is 0 Å². The summed E-state index contributed by atoms with van der Waals surface area (Å²) in [6.07, 6.45) is 0. The molecule has 0 heterocycles. The van der Waals surface area contributed by atoms with Gasteiger partial charge in [-0.15, -0.1) is 0 Å². The number of rotatable bonds is 0. The lowest BCUT2D eigenvalue weighted by Crippen LogP contribution is -2.02. The third kappa shape index (κ3) is 302. The summed E-state index contributed by atoms with van der Waals surface area (Å²) in [5.41, 5.74) is 0. The van der Waals surface area contributed by atoms with Gasteiger partial charge in [0.1, 0.15) is 0 Å². The van der Waals surface area contributed by atoms with Gasteiger partial charge in [-0.25, -0.2) is 0 Å². The van der Waals surface area contributed by atoms with Crippen molar-refractivity contribution in [2.24, 2.45) is 23.4 Å². The van der Waals surface area contributed by atoms with Gasteiger partial charge in [0.25, 0.3) is 0 Å². The molecule has 4 nitrogen and oxygen atoms in total. The van der Waals surface area contributed by atoms with Gasteiger partial charge in [-0.3, -0.25) is 23.4 Å². The molecule has 1 unspecified atom stereocenters. The summed E-state index contributed by atoms with van der Waals surface area (Å²) in [5.74, 6) is 16.0. The first kappa shape index (κ1) is 18.6. The monoisotopic (exact) mass is 98.1 g/mol. The highest BCUT2D eigenvalue weighted by molar-refractivity contribution is 6.92.